The average Bonchev–Trinajstić information content (AvgIpc) is 2.51. The van der Waals surface area contributed by atoms with Gasteiger partial charge in [-0.15, -0.1) is 0 Å². The van der Waals surface area contributed by atoms with Crippen LogP contribution in [0.1, 0.15) is 37.8 Å². The van der Waals surface area contributed by atoms with Crippen molar-refractivity contribution >= 4 is 17.5 Å². The smallest absolute Gasteiger partial charge is 0.227 e. The maximum Gasteiger partial charge on any atom is 0.227 e. The standard InChI is InChI=1S/C18H26N4/c1-5-11-22(12-6-2)18-19-10-9-17(21-18)20-16-13-14(3)7-8-15(16)4/h7-10,13H,5-6,11-12H2,1-4H3,(H,19,20,21). The predicted molar refractivity (Wildman–Crippen MR) is 94.0 cm³/mol. The molecule has 0 bridgehead atoms. The van der Waals surface area contributed by atoms with Crippen LogP contribution < -0.4 is 10.2 Å². The van der Waals surface area contributed by atoms with E-state index in [4.69, 9.17) is 0 Å². The zero-order valence-electron chi connectivity index (χ0n) is 14.1. The zero-order chi connectivity index (χ0) is 15.9. The van der Waals surface area contributed by atoms with Gasteiger partial charge < -0.3 is 10.2 Å². The molecule has 1 heterocycles. The minimum absolute atomic E-state index is 0.805. The van der Waals surface area contributed by atoms with E-state index in [0.717, 1.165) is 43.4 Å². The van der Waals surface area contributed by atoms with Crippen LogP contribution >= 0.6 is 0 Å². The molecular weight excluding hydrogens is 272 g/mol. The summed E-state index contributed by atoms with van der Waals surface area (Å²) in [5.74, 6) is 1.65. The summed E-state index contributed by atoms with van der Waals surface area (Å²) in [5, 5.41) is 3.41. The molecule has 2 rings (SSSR count). The number of benzene rings is 1. The number of aromatic nitrogens is 2. The summed E-state index contributed by atoms with van der Waals surface area (Å²) in [5.41, 5.74) is 3.55. The molecule has 0 saturated heterocycles. The number of rotatable bonds is 7. The molecule has 4 nitrogen and oxygen atoms in total. The van der Waals surface area contributed by atoms with E-state index in [-0.39, 0.29) is 0 Å². The maximum atomic E-state index is 4.68. The van der Waals surface area contributed by atoms with Crippen LogP contribution in [-0.4, -0.2) is 23.1 Å². The third-order valence-electron chi connectivity index (χ3n) is 3.57. The van der Waals surface area contributed by atoms with Crippen LogP contribution in [0.5, 0.6) is 0 Å². The van der Waals surface area contributed by atoms with Crippen LogP contribution in [0.3, 0.4) is 0 Å². The molecule has 4 heteroatoms. The summed E-state index contributed by atoms with van der Waals surface area (Å²) >= 11 is 0. The van der Waals surface area contributed by atoms with Crippen molar-refractivity contribution in [2.45, 2.75) is 40.5 Å². The Bertz CT molecular complexity index is 604. The van der Waals surface area contributed by atoms with Gasteiger partial charge in [0.25, 0.3) is 0 Å². The van der Waals surface area contributed by atoms with Gasteiger partial charge >= 0.3 is 0 Å². The lowest BCUT2D eigenvalue weighted by Gasteiger charge is -2.21. The van der Waals surface area contributed by atoms with E-state index >= 15 is 0 Å². The van der Waals surface area contributed by atoms with Crippen LogP contribution in [0.25, 0.3) is 0 Å². The molecule has 0 atom stereocenters. The Labute approximate surface area is 133 Å². The van der Waals surface area contributed by atoms with E-state index < -0.39 is 0 Å². The first-order valence-electron chi connectivity index (χ1n) is 8.06. The number of nitrogens with one attached hydrogen (secondary N) is 1. The van der Waals surface area contributed by atoms with Gasteiger partial charge in [0.2, 0.25) is 5.95 Å². The molecule has 0 radical (unpaired) electrons. The van der Waals surface area contributed by atoms with Crippen molar-refractivity contribution in [3.8, 4) is 0 Å². The lowest BCUT2D eigenvalue weighted by Crippen LogP contribution is -2.27. The normalized spacial score (nSPS) is 10.5. The van der Waals surface area contributed by atoms with Crippen LogP contribution in [0.15, 0.2) is 30.5 Å². The first-order chi connectivity index (χ1) is 10.6. The highest BCUT2D eigenvalue weighted by Crippen LogP contribution is 2.21. The van der Waals surface area contributed by atoms with Gasteiger partial charge in [-0.1, -0.05) is 26.0 Å². The van der Waals surface area contributed by atoms with Crippen LogP contribution in [0.4, 0.5) is 17.5 Å². The van der Waals surface area contributed by atoms with Gasteiger partial charge in [0, 0.05) is 25.0 Å². The van der Waals surface area contributed by atoms with Gasteiger partial charge in [0.05, 0.1) is 0 Å². The summed E-state index contributed by atoms with van der Waals surface area (Å²) in [7, 11) is 0. The van der Waals surface area contributed by atoms with Gasteiger partial charge in [0.1, 0.15) is 5.82 Å². The van der Waals surface area contributed by atoms with Crippen molar-refractivity contribution in [1.29, 1.82) is 0 Å². The van der Waals surface area contributed by atoms with Crippen molar-refractivity contribution in [3.05, 3.63) is 41.6 Å². The Kier molecular flexibility index (Phi) is 5.75. The molecule has 118 valence electrons. The van der Waals surface area contributed by atoms with Crippen molar-refractivity contribution in [2.75, 3.05) is 23.3 Å². The largest absolute Gasteiger partial charge is 0.341 e. The minimum atomic E-state index is 0.805. The lowest BCUT2D eigenvalue weighted by atomic mass is 10.1. The number of anilines is 3. The molecule has 0 saturated carbocycles. The van der Waals surface area contributed by atoms with Gasteiger partial charge in [0.15, 0.2) is 0 Å². The van der Waals surface area contributed by atoms with Crippen molar-refractivity contribution < 1.29 is 0 Å². The van der Waals surface area contributed by atoms with E-state index in [9.17, 15) is 0 Å². The SMILES string of the molecule is CCCN(CCC)c1nccc(Nc2cc(C)ccc2C)n1. The summed E-state index contributed by atoms with van der Waals surface area (Å²) in [6.07, 6.45) is 4.02. The summed E-state index contributed by atoms with van der Waals surface area (Å²) in [4.78, 5) is 11.4. The zero-order valence-corrected chi connectivity index (χ0v) is 14.1. The lowest BCUT2D eigenvalue weighted by molar-refractivity contribution is 0.721. The summed E-state index contributed by atoms with van der Waals surface area (Å²) in [6, 6.07) is 8.31. The number of aryl methyl sites for hydroxylation is 2. The summed E-state index contributed by atoms with van der Waals surface area (Å²) in [6.45, 7) is 10.5. The highest BCUT2D eigenvalue weighted by Gasteiger charge is 2.09. The van der Waals surface area contributed by atoms with E-state index in [2.05, 4.69) is 66.1 Å². The van der Waals surface area contributed by atoms with Gasteiger partial charge in [-0.05, 0) is 49.9 Å². The first-order valence-corrected chi connectivity index (χ1v) is 8.06. The molecule has 0 aliphatic rings. The van der Waals surface area contributed by atoms with Crippen molar-refractivity contribution in [1.82, 2.24) is 9.97 Å². The van der Waals surface area contributed by atoms with E-state index in [1.807, 2.05) is 12.3 Å². The molecule has 0 aliphatic carbocycles. The van der Waals surface area contributed by atoms with Gasteiger partial charge in [-0.25, -0.2) is 4.98 Å². The van der Waals surface area contributed by atoms with Crippen molar-refractivity contribution in [3.63, 3.8) is 0 Å². The molecule has 22 heavy (non-hydrogen) atoms. The number of hydrogen-bond donors (Lipinski definition) is 1. The number of hydrogen-bond acceptors (Lipinski definition) is 4. The minimum Gasteiger partial charge on any atom is -0.341 e. The Morgan fingerprint density at radius 2 is 1.77 bits per heavy atom. The Morgan fingerprint density at radius 1 is 1.05 bits per heavy atom. The maximum absolute atomic E-state index is 4.68. The molecule has 1 aromatic heterocycles. The fourth-order valence-electron chi connectivity index (χ4n) is 2.43. The molecule has 0 unspecified atom stereocenters. The Morgan fingerprint density at radius 3 is 2.45 bits per heavy atom. The van der Waals surface area contributed by atoms with Crippen LogP contribution in [-0.2, 0) is 0 Å². The predicted octanol–water partition coefficient (Wildman–Crippen LogP) is 4.46. The monoisotopic (exact) mass is 298 g/mol. The average molecular weight is 298 g/mol. The molecule has 2 aromatic rings. The quantitative estimate of drug-likeness (QED) is 0.819. The second-order valence-electron chi connectivity index (χ2n) is 5.67. The molecule has 0 amide bonds. The fraction of sp³-hybridized carbons (Fsp3) is 0.444. The molecule has 1 N–H and O–H groups in total. The molecule has 0 spiro atoms. The van der Waals surface area contributed by atoms with E-state index in [0.29, 0.717) is 0 Å². The van der Waals surface area contributed by atoms with Crippen LogP contribution in [0, 0.1) is 13.8 Å². The molecule has 1 aromatic carbocycles. The van der Waals surface area contributed by atoms with Gasteiger partial charge in [-0.2, -0.15) is 4.98 Å². The highest BCUT2D eigenvalue weighted by molar-refractivity contribution is 5.61. The second-order valence-corrected chi connectivity index (χ2v) is 5.67. The fourth-order valence-corrected chi connectivity index (χ4v) is 2.43. The number of nitrogens with zero attached hydrogens (tertiary/aromatic N) is 3. The topological polar surface area (TPSA) is 41.1 Å². The van der Waals surface area contributed by atoms with E-state index in [1.165, 1.54) is 11.1 Å². The Hall–Kier alpha value is -2.10. The third kappa shape index (κ3) is 4.20. The second kappa shape index (κ2) is 7.78. The molecular formula is C18H26N4. The molecule has 0 aliphatic heterocycles. The molecule has 0 fully saturated rings. The first kappa shape index (κ1) is 16.3. The van der Waals surface area contributed by atoms with E-state index in [1.54, 1.807) is 0 Å². The summed E-state index contributed by atoms with van der Waals surface area (Å²) < 4.78 is 0. The highest BCUT2D eigenvalue weighted by atomic mass is 15.3. The van der Waals surface area contributed by atoms with Crippen molar-refractivity contribution in [2.24, 2.45) is 0 Å². The Balaban J connectivity index is 2.22. The van der Waals surface area contributed by atoms with Crippen LogP contribution in [0.2, 0.25) is 0 Å². The third-order valence-corrected chi connectivity index (χ3v) is 3.57. The van der Waals surface area contributed by atoms with Gasteiger partial charge in [-0.3, -0.25) is 0 Å².